The Hall–Kier alpha value is -3.18. The third-order valence-electron chi connectivity index (χ3n) is 12.3. The van der Waals surface area contributed by atoms with E-state index in [1.54, 1.807) is 20.8 Å². The normalized spacial score (nSPS) is 24.8. The molecule has 0 radical (unpaired) electrons. The van der Waals surface area contributed by atoms with Crippen molar-refractivity contribution in [1.29, 1.82) is 0 Å². The van der Waals surface area contributed by atoms with Crippen molar-refractivity contribution in [2.75, 3.05) is 6.54 Å². The van der Waals surface area contributed by atoms with Crippen LogP contribution in [0.15, 0.2) is 18.6 Å². The molecule has 0 aromatic carbocycles. The Morgan fingerprint density at radius 1 is 0.942 bits per heavy atom. The standard InChI is InChI=1S/C40H57F3N4O5/c1-5-10-26(36(50)33(49)19-24-15-16-24)20-32(48)35-28-14-9-13-27(28)23-47(35)38(52)30(39(2,3)4)21-29(40(41,42)43)34(25-11-7-6-8-12-25)46-37(51)31-22-44-17-18-45-31/h17-18,22,24-30,34-35H,5-16,19-21,23H2,1-4H3,(H,46,51)/t26-,27+,28+,29-,30-,34+,35+/m1/s1. The highest BCUT2D eigenvalue weighted by Gasteiger charge is 2.55. The highest BCUT2D eigenvalue weighted by molar-refractivity contribution is 6.38. The Bertz CT molecular complexity index is 1440. The molecule has 4 fully saturated rings. The topological polar surface area (TPSA) is 126 Å². The van der Waals surface area contributed by atoms with E-state index in [2.05, 4.69) is 15.3 Å². The number of nitrogens with one attached hydrogen (secondary N) is 1. The first-order valence-corrected chi connectivity index (χ1v) is 19.6. The van der Waals surface area contributed by atoms with Crippen LogP contribution in [0.3, 0.4) is 0 Å². The van der Waals surface area contributed by atoms with Crippen LogP contribution in [0.5, 0.6) is 0 Å². The maximum absolute atomic E-state index is 15.4. The van der Waals surface area contributed by atoms with Gasteiger partial charge in [-0.05, 0) is 80.5 Å². The second-order valence-corrected chi connectivity index (χ2v) is 17.2. The van der Waals surface area contributed by atoms with Gasteiger partial charge in [-0.3, -0.25) is 29.0 Å². The highest BCUT2D eigenvalue weighted by Crippen LogP contribution is 2.48. The lowest BCUT2D eigenvalue weighted by atomic mass is 9.70. The molecule has 3 saturated carbocycles. The summed E-state index contributed by atoms with van der Waals surface area (Å²) in [6.07, 6.45) is 7.46. The Morgan fingerprint density at radius 3 is 2.25 bits per heavy atom. The van der Waals surface area contributed by atoms with Gasteiger partial charge in [-0.25, -0.2) is 4.98 Å². The number of halogens is 3. The maximum Gasteiger partial charge on any atom is 0.393 e. The predicted molar refractivity (Wildman–Crippen MR) is 189 cm³/mol. The summed E-state index contributed by atoms with van der Waals surface area (Å²) in [7, 11) is 0. The number of Topliss-reactive ketones (excluding diaryl/α,β-unsaturated/α-hetero) is 3. The van der Waals surface area contributed by atoms with Gasteiger partial charge in [0, 0.05) is 49.7 Å². The predicted octanol–water partition coefficient (Wildman–Crippen LogP) is 7.33. The van der Waals surface area contributed by atoms with Gasteiger partial charge in [-0.2, -0.15) is 13.2 Å². The summed E-state index contributed by atoms with van der Waals surface area (Å²) in [5.41, 5.74) is -0.986. The van der Waals surface area contributed by atoms with Crippen LogP contribution in [0.4, 0.5) is 13.2 Å². The van der Waals surface area contributed by atoms with Gasteiger partial charge in [0.05, 0.1) is 18.2 Å². The summed E-state index contributed by atoms with van der Waals surface area (Å²) in [5.74, 6) is -6.61. The quantitative estimate of drug-likeness (QED) is 0.177. The van der Waals surface area contributed by atoms with E-state index in [0.29, 0.717) is 25.7 Å². The molecule has 288 valence electrons. The largest absolute Gasteiger partial charge is 0.393 e. The number of nitrogens with zero attached hydrogens (tertiary/aromatic N) is 3. The van der Waals surface area contributed by atoms with Gasteiger partial charge in [-0.15, -0.1) is 0 Å². The summed E-state index contributed by atoms with van der Waals surface area (Å²) in [5, 5.41) is 2.70. The van der Waals surface area contributed by atoms with Crippen molar-refractivity contribution in [3.63, 3.8) is 0 Å². The number of hydrogen-bond acceptors (Lipinski definition) is 7. The third kappa shape index (κ3) is 9.67. The second-order valence-electron chi connectivity index (χ2n) is 17.2. The van der Waals surface area contributed by atoms with Gasteiger partial charge in [0.15, 0.2) is 11.6 Å². The van der Waals surface area contributed by atoms with Crippen LogP contribution in [0.2, 0.25) is 0 Å². The molecule has 9 nitrogen and oxygen atoms in total. The molecule has 1 N–H and O–H groups in total. The van der Waals surface area contributed by atoms with Crippen molar-refractivity contribution in [1.82, 2.24) is 20.2 Å². The zero-order valence-corrected chi connectivity index (χ0v) is 31.3. The van der Waals surface area contributed by atoms with Crippen molar-refractivity contribution in [2.45, 2.75) is 142 Å². The number of hydrogen-bond donors (Lipinski definition) is 1. The Kier molecular flexibility index (Phi) is 13.0. The molecule has 1 aromatic rings. The van der Waals surface area contributed by atoms with Gasteiger partial charge >= 0.3 is 6.18 Å². The monoisotopic (exact) mass is 730 g/mol. The second kappa shape index (κ2) is 16.9. The van der Waals surface area contributed by atoms with E-state index in [0.717, 1.165) is 51.4 Å². The molecule has 4 aliphatic rings. The number of carbonyl (C=O) groups is 5. The smallest absolute Gasteiger partial charge is 0.347 e. The first kappa shape index (κ1) is 40.0. The van der Waals surface area contributed by atoms with Crippen LogP contribution < -0.4 is 5.32 Å². The van der Waals surface area contributed by atoms with Crippen LogP contribution in [0.1, 0.15) is 134 Å². The van der Waals surface area contributed by atoms with Crippen molar-refractivity contribution in [3.8, 4) is 0 Å². The lowest BCUT2D eigenvalue weighted by molar-refractivity contribution is -0.194. The maximum atomic E-state index is 15.4. The average Bonchev–Trinajstić information content (AvgIpc) is 3.66. The molecule has 7 atom stereocenters. The van der Waals surface area contributed by atoms with Crippen LogP contribution in [0, 0.1) is 46.8 Å². The van der Waals surface area contributed by atoms with E-state index >= 15 is 13.2 Å². The molecular weight excluding hydrogens is 673 g/mol. The van der Waals surface area contributed by atoms with E-state index in [9.17, 15) is 24.0 Å². The minimum absolute atomic E-state index is 0.0509. The third-order valence-corrected chi connectivity index (χ3v) is 12.3. The van der Waals surface area contributed by atoms with Crippen molar-refractivity contribution in [3.05, 3.63) is 24.3 Å². The molecule has 1 aromatic heterocycles. The number of alkyl halides is 3. The molecule has 0 unspecified atom stereocenters. The van der Waals surface area contributed by atoms with E-state index in [1.165, 1.54) is 23.5 Å². The fraction of sp³-hybridized carbons (Fsp3) is 0.775. The zero-order valence-electron chi connectivity index (χ0n) is 31.3. The first-order valence-electron chi connectivity index (χ1n) is 19.6. The minimum Gasteiger partial charge on any atom is -0.347 e. The van der Waals surface area contributed by atoms with Crippen LogP contribution >= 0.6 is 0 Å². The number of aromatic nitrogens is 2. The molecule has 5 rings (SSSR count). The van der Waals surface area contributed by atoms with Crippen LogP contribution in [-0.2, 0) is 19.2 Å². The molecule has 0 bridgehead atoms. The summed E-state index contributed by atoms with van der Waals surface area (Å²) in [6, 6.07) is -2.12. The summed E-state index contributed by atoms with van der Waals surface area (Å²) in [4.78, 5) is 78.0. The average molecular weight is 731 g/mol. The van der Waals surface area contributed by atoms with Crippen LogP contribution in [0.25, 0.3) is 0 Å². The van der Waals surface area contributed by atoms with Gasteiger partial charge in [0.2, 0.25) is 11.7 Å². The molecule has 2 heterocycles. The number of fused-ring (bicyclic) bond motifs is 1. The summed E-state index contributed by atoms with van der Waals surface area (Å²) >= 11 is 0. The SMILES string of the molecule is CCC[C@H](CC(=O)[C@@H]1[C@H]2CCC[C@H]2CN1C(=O)[C@@H](C[C@H]([C@@H](NC(=O)c1cnccn1)C1CCCCC1)C(F)(F)F)C(C)(C)C)C(=O)C(=O)CC1CC1. The minimum atomic E-state index is -4.74. The highest BCUT2D eigenvalue weighted by atomic mass is 19.4. The summed E-state index contributed by atoms with van der Waals surface area (Å²) in [6.45, 7) is 7.45. The molecule has 12 heteroatoms. The van der Waals surface area contributed by atoms with E-state index in [4.69, 9.17) is 0 Å². The van der Waals surface area contributed by atoms with Crippen molar-refractivity contribution in [2.24, 2.45) is 46.8 Å². The van der Waals surface area contributed by atoms with E-state index < -0.39 is 77.1 Å². The molecule has 2 amide bonds. The van der Waals surface area contributed by atoms with E-state index in [-0.39, 0.29) is 48.6 Å². The number of rotatable bonds is 16. The molecular formula is C40H57F3N4O5. The van der Waals surface area contributed by atoms with Gasteiger partial charge in [0.25, 0.3) is 5.91 Å². The molecule has 3 aliphatic carbocycles. The Labute approximate surface area is 306 Å². The first-order chi connectivity index (χ1) is 24.6. The van der Waals surface area contributed by atoms with Gasteiger partial charge < -0.3 is 10.2 Å². The number of amides is 2. The summed E-state index contributed by atoms with van der Waals surface area (Å²) < 4.78 is 46.1. The Balaban J connectivity index is 1.43. The lowest BCUT2D eigenvalue weighted by Gasteiger charge is -2.42. The van der Waals surface area contributed by atoms with Gasteiger partial charge in [0.1, 0.15) is 5.69 Å². The Morgan fingerprint density at radius 2 is 1.65 bits per heavy atom. The van der Waals surface area contributed by atoms with Crippen molar-refractivity contribution >= 4 is 29.2 Å². The molecule has 52 heavy (non-hydrogen) atoms. The zero-order chi connectivity index (χ0) is 37.8. The van der Waals surface area contributed by atoms with Crippen LogP contribution in [-0.4, -0.2) is 68.8 Å². The van der Waals surface area contributed by atoms with Gasteiger partial charge in [-0.1, -0.05) is 59.8 Å². The fourth-order valence-electron chi connectivity index (χ4n) is 9.34. The number of likely N-dealkylation sites (tertiary alicyclic amines) is 1. The van der Waals surface area contributed by atoms with E-state index in [1.807, 2.05) is 6.92 Å². The lowest BCUT2D eigenvalue weighted by Crippen LogP contribution is -2.54. The molecule has 1 saturated heterocycles. The fourth-order valence-corrected chi connectivity index (χ4v) is 9.34. The van der Waals surface area contributed by atoms with Crippen molar-refractivity contribution < 1.29 is 37.1 Å². The number of ketones is 3. The number of carbonyl (C=O) groups excluding carboxylic acids is 5. The molecule has 1 aliphatic heterocycles. The molecule has 0 spiro atoms.